The number of ether oxygens (including phenoxy) is 1. The van der Waals surface area contributed by atoms with Gasteiger partial charge in [0.2, 0.25) is 5.88 Å². The summed E-state index contributed by atoms with van der Waals surface area (Å²) in [5.74, 6) is 0.264. The number of aromatic nitrogens is 2. The van der Waals surface area contributed by atoms with Crippen LogP contribution in [0.3, 0.4) is 0 Å². The average molecular weight is 230 g/mol. The Morgan fingerprint density at radius 2 is 2.27 bits per heavy atom. The van der Waals surface area contributed by atoms with Crippen LogP contribution in [0.5, 0.6) is 5.88 Å². The number of carbonyl (C=O) groups excluding carboxylic acids is 1. The van der Waals surface area contributed by atoms with E-state index in [0.717, 1.165) is 5.75 Å². The number of hydrogen-bond donors (Lipinski definition) is 1. The van der Waals surface area contributed by atoms with Crippen LogP contribution in [0, 0.1) is 0 Å². The van der Waals surface area contributed by atoms with Gasteiger partial charge in [-0.3, -0.25) is 0 Å². The second-order valence-electron chi connectivity index (χ2n) is 2.78. The molecule has 1 rings (SSSR count). The molecule has 15 heavy (non-hydrogen) atoms. The molecule has 1 heterocycles. The topological polar surface area (TPSA) is 64.3 Å². The van der Waals surface area contributed by atoms with E-state index in [4.69, 9.17) is 4.74 Å². The molecule has 0 amide bonds. The van der Waals surface area contributed by atoms with E-state index in [-0.39, 0.29) is 11.6 Å². The van der Waals surface area contributed by atoms with Crippen LogP contribution in [-0.2, 0) is 11.8 Å². The maximum atomic E-state index is 11.5. The van der Waals surface area contributed by atoms with Gasteiger partial charge in [0.05, 0.1) is 6.61 Å². The molecule has 5 nitrogen and oxygen atoms in total. The highest BCUT2D eigenvalue weighted by Gasteiger charge is 2.22. The summed E-state index contributed by atoms with van der Waals surface area (Å²) in [5.41, 5.74) is 0.184. The molecule has 0 saturated heterocycles. The number of hydrogen-bond acceptors (Lipinski definition) is 5. The number of aromatic hydroxyl groups is 1. The molecule has 0 radical (unpaired) electrons. The van der Waals surface area contributed by atoms with Crippen molar-refractivity contribution in [2.24, 2.45) is 7.05 Å². The SMILES string of the molecule is CCOC(=O)c1nn(C)c(O)c1SCC. The standard InChI is InChI=1S/C9H14N2O3S/c1-4-14-9(13)6-7(15-5-2)8(12)11(3)10-6/h12H,4-5H2,1-3H3. The Kier molecular flexibility index (Phi) is 4.02. The molecule has 1 aromatic heterocycles. The first-order chi connectivity index (χ1) is 7.11. The number of aryl methyl sites for hydroxylation is 1. The minimum Gasteiger partial charge on any atom is -0.493 e. The van der Waals surface area contributed by atoms with Gasteiger partial charge in [-0.05, 0) is 12.7 Å². The Morgan fingerprint density at radius 3 is 2.80 bits per heavy atom. The van der Waals surface area contributed by atoms with Gasteiger partial charge in [-0.25, -0.2) is 9.48 Å². The minimum absolute atomic E-state index is 0.00454. The normalized spacial score (nSPS) is 10.3. The Labute approximate surface area is 92.4 Å². The lowest BCUT2D eigenvalue weighted by atomic mass is 10.4. The van der Waals surface area contributed by atoms with E-state index < -0.39 is 5.97 Å². The van der Waals surface area contributed by atoms with Crippen molar-refractivity contribution >= 4 is 17.7 Å². The predicted octanol–water partition coefficient (Wildman–Crippen LogP) is 1.41. The maximum Gasteiger partial charge on any atom is 0.360 e. The molecule has 0 aromatic carbocycles. The molecule has 0 unspecified atom stereocenters. The largest absolute Gasteiger partial charge is 0.493 e. The first-order valence-electron chi connectivity index (χ1n) is 4.67. The molecule has 84 valence electrons. The van der Waals surface area contributed by atoms with Crippen LogP contribution in [0.4, 0.5) is 0 Å². The number of esters is 1. The van der Waals surface area contributed by atoms with Crippen molar-refractivity contribution in [1.29, 1.82) is 0 Å². The summed E-state index contributed by atoms with van der Waals surface area (Å²) in [5, 5.41) is 13.6. The van der Waals surface area contributed by atoms with Gasteiger partial charge in [-0.1, -0.05) is 6.92 Å². The van der Waals surface area contributed by atoms with Crippen LogP contribution < -0.4 is 0 Å². The molecule has 0 aliphatic heterocycles. The molecule has 0 bridgehead atoms. The third-order valence-corrected chi connectivity index (χ3v) is 2.69. The van der Waals surface area contributed by atoms with E-state index in [9.17, 15) is 9.90 Å². The molecule has 0 fully saturated rings. The molecule has 6 heteroatoms. The monoisotopic (exact) mass is 230 g/mol. The van der Waals surface area contributed by atoms with Gasteiger partial charge in [0, 0.05) is 7.05 Å². The molecule has 0 spiro atoms. The van der Waals surface area contributed by atoms with Crippen molar-refractivity contribution in [3.05, 3.63) is 5.69 Å². The summed E-state index contributed by atoms with van der Waals surface area (Å²) in [6, 6.07) is 0. The molecular formula is C9H14N2O3S. The van der Waals surface area contributed by atoms with E-state index in [0.29, 0.717) is 11.5 Å². The fraction of sp³-hybridized carbons (Fsp3) is 0.556. The van der Waals surface area contributed by atoms with Gasteiger partial charge in [0.1, 0.15) is 4.90 Å². The van der Waals surface area contributed by atoms with E-state index in [1.807, 2.05) is 6.92 Å². The molecule has 0 aliphatic carbocycles. The summed E-state index contributed by atoms with van der Waals surface area (Å²) in [7, 11) is 1.58. The van der Waals surface area contributed by atoms with Crippen LogP contribution >= 0.6 is 11.8 Å². The van der Waals surface area contributed by atoms with Crippen LogP contribution in [0.2, 0.25) is 0 Å². The van der Waals surface area contributed by atoms with Crippen molar-refractivity contribution < 1.29 is 14.6 Å². The summed E-state index contributed by atoms with van der Waals surface area (Å²) in [6.45, 7) is 3.96. The highest BCUT2D eigenvalue weighted by Crippen LogP contribution is 2.31. The van der Waals surface area contributed by atoms with E-state index in [1.54, 1.807) is 14.0 Å². The van der Waals surface area contributed by atoms with Crippen molar-refractivity contribution in [2.75, 3.05) is 12.4 Å². The Balaban J connectivity index is 3.05. The summed E-state index contributed by atoms with van der Waals surface area (Å²) >= 11 is 1.37. The van der Waals surface area contributed by atoms with Gasteiger partial charge in [-0.15, -0.1) is 11.8 Å². The zero-order valence-electron chi connectivity index (χ0n) is 8.98. The molecular weight excluding hydrogens is 216 g/mol. The van der Waals surface area contributed by atoms with E-state index >= 15 is 0 Å². The number of thioether (sulfide) groups is 1. The third-order valence-electron chi connectivity index (χ3n) is 1.73. The summed E-state index contributed by atoms with van der Waals surface area (Å²) < 4.78 is 6.11. The Bertz CT molecular complexity index is 362. The Hall–Kier alpha value is -1.17. The highest BCUT2D eigenvalue weighted by atomic mass is 32.2. The summed E-state index contributed by atoms with van der Waals surface area (Å²) in [4.78, 5) is 12.0. The molecule has 1 N–H and O–H groups in total. The van der Waals surface area contributed by atoms with Crippen LogP contribution in [0.15, 0.2) is 4.90 Å². The molecule has 0 aliphatic rings. The first kappa shape index (κ1) is 11.9. The van der Waals surface area contributed by atoms with Gasteiger partial charge < -0.3 is 9.84 Å². The van der Waals surface area contributed by atoms with Crippen LogP contribution in [0.25, 0.3) is 0 Å². The third kappa shape index (κ3) is 2.44. The number of rotatable bonds is 4. The quantitative estimate of drug-likeness (QED) is 0.626. The number of nitrogens with zero attached hydrogens (tertiary/aromatic N) is 2. The molecule has 0 saturated carbocycles. The lowest BCUT2D eigenvalue weighted by molar-refractivity contribution is 0.0514. The Morgan fingerprint density at radius 1 is 1.60 bits per heavy atom. The predicted molar refractivity (Wildman–Crippen MR) is 57.2 cm³/mol. The van der Waals surface area contributed by atoms with Gasteiger partial charge in [0.25, 0.3) is 0 Å². The number of carbonyl (C=O) groups is 1. The van der Waals surface area contributed by atoms with Gasteiger partial charge in [-0.2, -0.15) is 5.10 Å². The lowest BCUT2D eigenvalue weighted by Gasteiger charge is -2.00. The van der Waals surface area contributed by atoms with Crippen molar-refractivity contribution in [2.45, 2.75) is 18.7 Å². The van der Waals surface area contributed by atoms with Crippen molar-refractivity contribution in [3.63, 3.8) is 0 Å². The second-order valence-corrected chi connectivity index (χ2v) is 4.05. The molecule has 1 aromatic rings. The van der Waals surface area contributed by atoms with Crippen LogP contribution in [-0.4, -0.2) is 33.2 Å². The summed E-state index contributed by atoms with van der Waals surface area (Å²) in [6.07, 6.45) is 0. The fourth-order valence-electron chi connectivity index (χ4n) is 1.11. The van der Waals surface area contributed by atoms with Gasteiger partial charge >= 0.3 is 5.97 Å². The molecule has 0 atom stereocenters. The van der Waals surface area contributed by atoms with E-state index in [1.165, 1.54) is 16.4 Å². The lowest BCUT2D eigenvalue weighted by Crippen LogP contribution is -2.07. The smallest absolute Gasteiger partial charge is 0.360 e. The minimum atomic E-state index is -0.496. The highest BCUT2D eigenvalue weighted by molar-refractivity contribution is 7.99. The zero-order valence-corrected chi connectivity index (χ0v) is 9.80. The zero-order chi connectivity index (χ0) is 11.4. The van der Waals surface area contributed by atoms with Crippen molar-refractivity contribution in [3.8, 4) is 5.88 Å². The van der Waals surface area contributed by atoms with E-state index in [2.05, 4.69) is 5.10 Å². The van der Waals surface area contributed by atoms with Crippen molar-refractivity contribution in [1.82, 2.24) is 9.78 Å². The maximum absolute atomic E-state index is 11.5. The van der Waals surface area contributed by atoms with Crippen LogP contribution in [0.1, 0.15) is 24.3 Å². The average Bonchev–Trinajstić information content (AvgIpc) is 2.47. The van der Waals surface area contributed by atoms with Gasteiger partial charge in [0.15, 0.2) is 5.69 Å². The second kappa shape index (κ2) is 5.06. The fourth-order valence-corrected chi connectivity index (χ4v) is 1.92. The first-order valence-corrected chi connectivity index (χ1v) is 5.66.